The molecule has 1 atom stereocenters. The average Bonchev–Trinajstić information content (AvgIpc) is 2.85. The van der Waals surface area contributed by atoms with Crippen LogP contribution in [-0.4, -0.2) is 33.2 Å². The summed E-state index contributed by atoms with van der Waals surface area (Å²) in [5.41, 5.74) is 0. The first-order valence-corrected chi connectivity index (χ1v) is 7.44. The van der Waals surface area contributed by atoms with Gasteiger partial charge < -0.3 is 4.74 Å². The first kappa shape index (κ1) is 12.3. The van der Waals surface area contributed by atoms with E-state index in [4.69, 9.17) is 16.3 Å². The van der Waals surface area contributed by atoms with E-state index in [9.17, 15) is 8.42 Å². The topological polar surface area (TPSA) is 68.3 Å². The minimum atomic E-state index is -3.46. The summed E-state index contributed by atoms with van der Waals surface area (Å²) in [5.74, 6) is 0.262. The number of aromatic nitrogens is 1. The van der Waals surface area contributed by atoms with Crippen LogP contribution in [0.5, 0.6) is 0 Å². The number of rotatable bonds is 4. The highest BCUT2D eigenvalue weighted by Crippen LogP contribution is 2.22. The van der Waals surface area contributed by atoms with E-state index >= 15 is 0 Å². The minimum Gasteiger partial charge on any atom is -0.381 e. The van der Waals surface area contributed by atoms with Crippen LogP contribution in [0.3, 0.4) is 0 Å². The maximum Gasteiger partial charge on any atom is 0.251 e. The summed E-state index contributed by atoms with van der Waals surface area (Å²) < 4.78 is 31.6. The number of thiazole rings is 1. The van der Waals surface area contributed by atoms with Crippen molar-refractivity contribution in [1.29, 1.82) is 0 Å². The molecule has 90 valence electrons. The Morgan fingerprint density at radius 2 is 2.50 bits per heavy atom. The van der Waals surface area contributed by atoms with Crippen molar-refractivity contribution in [2.75, 3.05) is 19.8 Å². The fourth-order valence-electron chi connectivity index (χ4n) is 1.41. The van der Waals surface area contributed by atoms with Crippen LogP contribution in [0.1, 0.15) is 6.42 Å². The summed E-state index contributed by atoms with van der Waals surface area (Å²) in [6.07, 6.45) is 2.16. The normalized spacial score (nSPS) is 21.4. The molecule has 1 aliphatic rings. The molecule has 2 heterocycles. The molecule has 0 aromatic carbocycles. The highest BCUT2D eigenvalue weighted by atomic mass is 35.5. The Kier molecular flexibility index (Phi) is 3.81. The van der Waals surface area contributed by atoms with E-state index in [1.807, 2.05) is 0 Å². The predicted octanol–water partition coefficient (Wildman–Crippen LogP) is 1.11. The summed E-state index contributed by atoms with van der Waals surface area (Å²) in [6.45, 7) is 1.72. The second-order valence-electron chi connectivity index (χ2n) is 3.51. The first-order chi connectivity index (χ1) is 7.58. The van der Waals surface area contributed by atoms with Crippen LogP contribution < -0.4 is 4.72 Å². The number of hydrogen-bond acceptors (Lipinski definition) is 5. The smallest absolute Gasteiger partial charge is 0.251 e. The van der Waals surface area contributed by atoms with Crippen molar-refractivity contribution in [3.05, 3.63) is 10.7 Å². The molecule has 0 aliphatic carbocycles. The molecule has 2 rings (SSSR count). The predicted molar refractivity (Wildman–Crippen MR) is 61.2 cm³/mol. The Balaban J connectivity index is 1.97. The number of nitrogens with zero attached hydrogens (tertiary/aromatic N) is 1. The Hall–Kier alpha value is -0.210. The van der Waals surface area contributed by atoms with E-state index in [0.717, 1.165) is 17.8 Å². The Morgan fingerprint density at radius 1 is 1.69 bits per heavy atom. The maximum absolute atomic E-state index is 11.8. The lowest BCUT2D eigenvalue weighted by Crippen LogP contribution is -2.29. The van der Waals surface area contributed by atoms with Gasteiger partial charge in [0.15, 0.2) is 8.68 Å². The molecule has 1 unspecified atom stereocenters. The van der Waals surface area contributed by atoms with E-state index in [2.05, 4.69) is 9.71 Å². The van der Waals surface area contributed by atoms with Crippen LogP contribution in [0.2, 0.25) is 4.47 Å². The number of nitrogens with one attached hydrogen (secondary N) is 1. The number of sulfonamides is 1. The Labute approximate surface area is 103 Å². The number of hydrogen-bond donors (Lipinski definition) is 1. The van der Waals surface area contributed by atoms with Crippen LogP contribution in [0.25, 0.3) is 0 Å². The zero-order chi connectivity index (χ0) is 11.6. The second-order valence-corrected chi connectivity index (χ2v) is 7.12. The van der Waals surface area contributed by atoms with Crippen molar-refractivity contribution in [1.82, 2.24) is 9.71 Å². The monoisotopic (exact) mass is 282 g/mol. The molecule has 0 amide bonds. The molecule has 5 nitrogen and oxygen atoms in total. The first-order valence-electron chi connectivity index (χ1n) is 4.76. The molecular formula is C8H11ClN2O3S2. The summed E-state index contributed by atoms with van der Waals surface area (Å²) in [7, 11) is -3.46. The van der Waals surface area contributed by atoms with Gasteiger partial charge in [-0.05, 0) is 12.3 Å². The quantitative estimate of drug-likeness (QED) is 0.898. The van der Waals surface area contributed by atoms with Gasteiger partial charge in [0.2, 0.25) is 0 Å². The van der Waals surface area contributed by atoms with Gasteiger partial charge in [0.1, 0.15) is 0 Å². The van der Waals surface area contributed by atoms with Gasteiger partial charge in [0.25, 0.3) is 10.0 Å². The summed E-state index contributed by atoms with van der Waals surface area (Å²) in [4.78, 5) is 3.70. The molecule has 1 saturated heterocycles. The Morgan fingerprint density at radius 3 is 3.06 bits per heavy atom. The lowest BCUT2D eigenvalue weighted by atomic mass is 10.1. The molecule has 16 heavy (non-hydrogen) atoms. The number of halogens is 1. The fourth-order valence-corrected chi connectivity index (χ4v) is 3.86. The molecule has 0 bridgehead atoms. The molecule has 0 radical (unpaired) electrons. The van der Waals surface area contributed by atoms with Crippen LogP contribution >= 0.6 is 22.9 Å². The zero-order valence-electron chi connectivity index (χ0n) is 8.35. The van der Waals surface area contributed by atoms with Crippen molar-refractivity contribution in [3.8, 4) is 0 Å². The van der Waals surface area contributed by atoms with Gasteiger partial charge in [-0.15, -0.1) is 0 Å². The van der Waals surface area contributed by atoms with Crippen molar-refractivity contribution in [2.24, 2.45) is 5.92 Å². The maximum atomic E-state index is 11.8. The third-order valence-electron chi connectivity index (χ3n) is 2.31. The van der Waals surface area contributed by atoms with Gasteiger partial charge in [0.05, 0.1) is 12.8 Å². The van der Waals surface area contributed by atoms with E-state index in [1.54, 1.807) is 0 Å². The minimum absolute atomic E-state index is 0.149. The third kappa shape index (κ3) is 2.92. The highest BCUT2D eigenvalue weighted by Gasteiger charge is 2.21. The van der Waals surface area contributed by atoms with Gasteiger partial charge >= 0.3 is 0 Å². The number of ether oxygens (including phenoxy) is 1. The van der Waals surface area contributed by atoms with E-state index in [0.29, 0.717) is 19.8 Å². The van der Waals surface area contributed by atoms with E-state index < -0.39 is 10.0 Å². The molecule has 1 aliphatic heterocycles. The van der Waals surface area contributed by atoms with Gasteiger partial charge in [-0.25, -0.2) is 18.1 Å². The van der Waals surface area contributed by atoms with E-state index in [1.165, 1.54) is 6.20 Å². The van der Waals surface area contributed by atoms with Crippen molar-refractivity contribution in [2.45, 2.75) is 10.6 Å². The second kappa shape index (κ2) is 4.97. The highest BCUT2D eigenvalue weighted by molar-refractivity contribution is 7.91. The van der Waals surface area contributed by atoms with Crippen LogP contribution in [0, 0.1) is 5.92 Å². The molecular weight excluding hydrogens is 272 g/mol. The summed E-state index contributed by atoms with van der Waals surface area (Å²) in [6, 6.07) is 0. The molecule has 1 N–H and O–H groups in total. The van der Waals surface area contributed by atoms with Gasteiger partial charge in [-0.2, -0.15) is 0 Å². The molecule has 1 aromatic heterocycles. The van der Waals surface area contributed by atoms with Crippen LogP contribution in [0.4, 0.5) is 0 Å². The lowest BCUT2D eigenvalue weighted by molar-refractivity contribution is 0.186. The van der Waals surface area contributed by atoms with Crippen molar-refractivity contribution >= 4 is 33.0 Å². The fraction of sp³-hybridized carbons (Fsp3) is 0.625. The molecule has 0 spiro atoms. The van der Waals surface area contributed by atoms with Crippen LogP contribution in [0.15, 0.2) is 10.4 Å². The van der Waals surface area contributed by atoms with E-state index in [-0.39, 0.29) is 14.6 Å². The third-order valence-corrected chi connectivity index (χ3v) is 5.31. The molecule has 1 fully saturated rings. The molecule has 1 aromatic rings. The van der Waals surface area contributed by atoms with Gasteiger partial charge in [-0.1, -0.05) is 22.9 Å². The van der Waals surface area contributed by atoms with Crippen molar-refractivity contribution < 1.29 is 13.2 Å². The standard InChI is InChI=1S/C8H11ClN2O3S2/c9-8-10-4-7(15-8)16(12,13)11-3-6-1-2-14-5-6/h4,6,11H,1-3,5H2. The van der Waals surface area contributed by atoms with Crippen LogP contribution in [-0.2, 0) is 14.8 Å². The van der Waals surface area contributed by atoms with Gasteiger partial charge in [0, 0.05) is 13.2 Å². The zero-order valence-corrected chi connectivity index (χ0v) is 10.7. The molecule has 8 heteroatoms. The molecule has 0 saturated carbocycles. The Bertz CT molecular complexity index is 454. The largest absolute Gasteiger partial charge is 0.381 e. The average molecular weight is 283 g/mol. The lowest BCUT2D eigenvalue weighted by Gasteiger charge is -2.08. The summed E-state index contributed by atoms with van der Waals surface area (Å²) in [5, 5.41) is 0. The van der Waals surface area contributed by atoms with Gasteiger partial charge in [-0.3, -0.25) is 0 Å². The van der Waals surface area contributed by atoms with Crippen molar-refractivity contribution in [3.63, 3.8) is 0 Å². The SMILES string of the molecule is O=S(=O)(NCC1CCOC1)c1cnc(Cl)s1. The summed E-state index contributed by atoms with van der Waals surface area (Å²) >= 11 is 6.54.